The summed E-state index contributed by atoms with van der Waals surface area (Å²) in [5.74, 6) is 2.96. The SMILES string of the molecule is COc1cc([N+](=O)[O-])c2ncc([C]3[CH][CH][CH][CH]3)cc2c1.COc1cc([N+](=O)[O-])c2ncc([C]3[CH][CH][CH][CH]3)cc2c1.[Fe+2]. The molecular formula is C30H22FeN4O6+2. The summed E-state index contributed by atoms with van der Waals surface area (Å²) in [5.41, 5.74) is 2.48. The van der Waals surface area contributed by atoms with Crippen molar-refractivity contribution in [2.45, 2.75) is 0 Å². The molecule has 0 unspecified atom stereocenters. The van der Waals surface area contributed by atoms with Crippen LogP contribution in [0.4, 0.5) is 11.4 Å². The third-order valence-electron chi connectivity index (χ3n) is 6.33. The van der Waals surface area contributed by atoms with E-state index in [-0.39, 0.29) is 28.4 Å². The van der Waals surface area contributed by atoms with Gasteiger partial charge >= 0.3 is 17.1 Å². The van der Waals surface area contributed by atoms with Crippen molar-refractivity contribution in [1.29, 1.82) is 0 Å². The van der Waals surface area contributed by atoms with Gasteiger partial charge in [-0.2, -0.15) is 0 Å². The fourth-order valence-corrected chi connectivity index (χ4v) is 4.37. The zero-order chi connectivity index (χ0) is 28.2. The van der Waals surface area contributed by atoms with E-state index in [9.17, 15) is 20.2 Å². The maximum absolute atomic E-state index is 11.1. The molecule has 0 amide bonds. The molecule has 10 nitrogen and oxygen atoms in total. The Kier molecular flexibility index (Phi) is 9.73. The van der Waals surface area contributed by atoms with Crippen molar-refractivity contribution in [3.05, 3.63) is 143 Å². The van der Waals surface area contributed by atoms with Crippen molar-refractivity contribution in [3.63, 3.8) is 0 Å². The molecule has 0 aliphatic heterocycles. The molecule has 0 N–H and O–H groups in total. The van der Waals surface area contributed by atoms with Crippen LogP contribution in [0.5, 0.6) is 11.5 Å². The standard InChI is InChI=1S/2C15H11N2O3.Fe/c2*1-20-13-7-11-6-12(10-4-2-3-5-10)9-16-15(11)14(8-13)17(18)19;/h2*2-9H,1H3;/q;;+2. The first kappa shape index (κ1) is 30.1. The van der Waals surface area contributed by atoms with Gasteiger partial charge in [-0.15, -0.1) is 0 Å². The smallest absolute Gasteiger partial charge is 0.496 e. The number of nitrogens with zero attached hydrogens (tertiary/aromatic N) is 4. The van der Waals surface area contributed by atoms with E-state index < -0.39 is 9.85 Å². The van der Waals surface area contributed by atoms with E-state index in [1.165, 1.54) is 26.4 Å². The molecule has 41 heavy (non-hydrogen) atoms. The minimum absolute atomic E-state index is 0. The first-order valence-corrected chi connectivity index (χ1v) is 12.1. The summed E-state index contributed by atoms with van der Waals surface area (Å²) in [6.45, 7) is 0. The molecule has 2 aliphatic rings. The van der Waals surface area contributed by atoms with Crippen molar-refractivity contribution in [1.82, 2.24) is 9.97 Å². The first-order valence-electron chi connectivity index (χ1n) is 12.1. The first-order chi connectivity index (χ1) is 19.4. The molecule has 0 spiro atoms. The fourth-order valence-electron chi connectivity index (χ4n) is 4.37. The normalized spacial score (nSPS) is 15.3. The van der Waals surface area contributed by atoms with E-state index in [0.717, 1.165) is 23.0 Å². The van der Waals surface area contributed by atoms with E-state index in [0.29, 0.717) is 33.3 Å². The average Bonchev–Trinajstić information content (AvgIpc) is 3.71. The van der Waals surface area contributed by atoms with Crippen LogP contribution in [0.25, 0.3) is 21.8 Å². The molecule has 2 heterocycles. The Labute approximate surface area is 248 Å². The molecule has 4 aromatic rings. The number of pyridine rings is 2. The molecular weight excluding hydrogens is 568 g/mol. The minimum Gasteiger partial charge on any atom is -0.496 e. The number of nitro groups is 2. The number of methoxy groups -OCH3 is 2. The summed E-state index contributed by atoms with van der Waals surface area (Å²) in [5, 5.41) is 23.6. The van der Waals surface area contributed by atoms with Crippen LogP contribution < -0.4 is 9.47 Å². The molecule has 2 aromatic carbocycles. The maximum Gasteiger partial charge on any atom is 2.00 e. The summed E-state index contributed by atoms with van der Waals surface area (Å²) >= 11 is 0. The molecule has 2 aliphatic carbocycles. The van der Waals surface area contributed by atoms with Gasteiger partial charge < -0.3 is 9.47 Å². The summed E-state index contributed by atoms with van der Waals surface area (Å²) in [7, 11) is 2.97. The summed E-state index contributed by atoms with van der Waals surface area (Å²) < 4.78 is 10.2. The second-order valence-electron chi connectivity index (χ2n) is 8.75. The molecule has 10 radical (unpaired) electrons. The average molecular weight is 590 g/mol. The predicted molar refractivity (Wildman–Crippen MR) is 149 cm³/mol. The van der Waals surface area contributed by atoms with Gasteiger partial charge in [0, 0.05) is 35.0 Å². The van der Waals surface area contributed by atoms with Gasteiger partial charge in [-0.3, -0.25) is 20.2 Å². The Hall–Kier alpha value is -3.82. The van der Waals surface area contributed by atoms with Gasteiger partial charge in [0.1, 0.15) is 22.5 Å². The van der Waals surface area contributed by atoms with Crippen molar-refractivity contribution in [2.24, 2.45) is 0 Å². The van der Waals surface area contributed by atoms with Crippen LogP contribution in [0.2, 0.25) is 0 Å². The summed E-state index contributed by atoms with van der Waals surface area (Å²) in [6, 6.07) is 10.0. The van der Waals surface area contributed by atoms with E-state index in [4.69, 9.17) is 9.47 Å². The number of ether oxygens (including phenoxy) is 2. The number of hydrogen-bond donors (Lipinski definition) is 0. The van der Waals surface area contributed by atoms with Crippen molar-refractivity contribution in [3.8, 4) is 11.5 Å². The van der Waals surface area contributed by atoms with Crippen LogP contribution in [0.1, 0.15) is 11.1 Å². The van der Waals surface area contributed by atoms with Gasteiger partial charge in [0.05, 0.1) is 36.2 Å². The Morgan fingerprint density at radius 3 is 1.29 bits per heavy atom. The van der Waals surface area contributed by atoms with Crippen molar-refractivity contribution >= 4 is 33.2 Å². The molecule has 11 heteroatoms. The number of aromatic nitrogens is 2. The van der Waals surface area contributed by atoms with Gasteiger partial charge in [-0.25, -0.2) is 9.97 Å². The van der Waals surface area contributed by atoms with Gasteiger partial charge in [0.25, 0.3) is 11.4 Å². The van der Waals surface area contributed by atoms with Crippen molar-refractivity contribution in [2.75, 3.05) is 14.2 Å². The third-order valence-corrected chi connectivity index (χ3v) is 6.33. The second kappa shape index (κ2) is 13.2. The van der Waals surface area contributed by atoms with Crippen LogP contribution in [0.3, 0.4) is 0 Å². The van der Waals surface area contributed by atoms with Crippen molar-refractivity contribution < 1.29 is 36.4 Å². The monoisotopic (exact) mass is 590 g/mol. The van der Waals surface area contributed by atoms with Gasteiger partial charge in [0.2, 0.25) is 0 Å². The fraction of sp³-hybridized carbons (Fsp3) is 0.0667. The summed E-state index contributed by atoms with van der Waals surface area (Å²) in [6.07, 6.45) is 18.9. The zero-order valence-electron chi connectivity index (χ0n) is 21.8. The number of non-ortho nitro benzene ring substituents is 2. The molecule has 2 fully saturated rings. The second-order valence-corrected chi connectivity index (χ2v) is 8.75. The Bertz CT molecular complexity index is 1450. The van der Waals surface area contributed by atoms with Crippen LogP contribution in [0.15, 0.2) is 48.8 Å². The van der Waals surface area contributed by atoms with Gasteiger partial charge in [0.15, 0.2) is 0 Å². The third kappa shape index (κ3) is 6.57. The maximum atomic E-state index is 11.1. The van der Waals surface area contributed by atoms with E-state index >= 15 is 0 Å². The number of rotatable bonds is 6. The molecule has 0 saturated heterocycles. The molecule has 2 saturated carbocycles. The molecule has 6 rings (SSSR count). The Balaban J connectivity index is 0.000000184. The largest absolute Gasteiger partial charge is 2.00 e. The van der Waals surface area contributed by atoms with E-state index in [2.05, 4.69) is 9.97 Å². The molecule has 2 aromatic heterocycles. The van der Waals surface area contributed by atoms with Gasteiger partial charge in [-0.05, 0) is 86.8 Å². The Morgan fingerprint density at radius 1 is 0.610 bits per heavy atom. The van der Waals surface area contributed by atoms with Crippen LogP contribution >= 0.6 is 0 Å². The number of hydrogen-bond acceptors (Lipinski definition) is 8. The molecule has 0 atom stereocenters. The quantitative estimate of drug-likeness (QED) is 0.156. The number of fused-ring (bicyclic) bond motifs is 2. The van der Waals surface area contributed by atoms with Crippen LogP contribution in [0, 0.1) is 83.4 Å². The van der Waals surface area contributed by atoms with E-state index in [1.807, 2.05) is 63.5 Å². The summed E-state index contributed by atoms with van der Waals surface area (Å²) in [4.78, 5) is 29.8. The number of nitro benzene ring substituents is 2. The zero-order valence-corrected chi connectivity index (χ0v) is 22.9. The molecule has 204 valence electrons. The van der Waals surface area contributed by atoms with Crippen LogP contribution in [-0.2, 0) is 17.1 Å². The predicted octanol–water partition coefficient (Wildman–Crippen LogP) is 5.81. The topological polar surface area (TPSA) is 131 Å². The minimum atomic E-state index is -0.444. The van der Waals surface area contributed by atoms with Crippen LogP contribution in [-0.4, -0.2) is 34.0 Å². The Morgan fingerprint density at radius 2 is 0.976 bits per heavy atom. The van der Waals surface area contributed by atoms with Gasteiger partial charge in [-0.1, -0.05) is 0 Å². The number of benzene rings is 2. The molecule has 0 bridgehead atoms. The van der Waals surface area contributed by atoms with E-state index in [1.54, 1.807) is 24.5 Å².